The summed E-state index contributed by atoms with van der Waals surface area (Å²) in [7, 11) is 0. The number of rotatable bonds is 4. The van der Waals surface area contributed by atoms with E-state index in [1.165, 1.54) is 0 Å². The van der Waals surface area contributed by atoms with Crippen molar-refractivity contribution in [2.75, 3.05) is 18.0 Å². The Balaban J connectivity index is 1.31. The molecule has 7 heterocycles. The van der Waals surface area contributed by atoms with Crippen LogP contribution in [-0.2, 0) is 0 Å². The lowest BCUT2D eigenvalue weighted by atomic mass is 10.1. The summed E-state index contributed by atoms with van der Waals surface area (Å²) in [6.07, 6.45) is 5.32. The van der Waals surface area contributed by atoms with Gasteiger partial charge in [-0.2, -0.15) is 16.4 Å². The molecular weight excluding hydrogens is 446 g/mol. The van der Waals surface area contributed by atoms with Gasteiger partial charge < -0.3 is 15.6 Å². The molecule has 0 bridgehead atoms. The van der Waals surface area contributed by atoms with Crippen molar-refractivity contribution in [3.05, 3.63) is 59.7 Å². The quantitative estimate of drug-likeness (QED) is 0.361. The number of aromatic nitrogens is 7. The molecule has 0 amide bonds. The van der Waals surface area contributed by atoms with E-state index in [4.69, 9.17) is 15.7 Å². The first-order valence-electron chi connectivity index (χ1n) is 10.9. The van der Waals surface area contributed by atoms with Crippen LogP contribution in [0.5, 0.6) is 0 Å². The SMILES string of the molecule is NC1CN(c2cncc(-c3ccc4[nH]nc(-c5cc6c(-c7ccsc7)nccc6[nH]5)c4n3)n2)C1. The van der Waals surface area contributed by atoms with Gasteiger partial charge in [0.15, 0.2) is 0 Å². The van der Waals surface area contributed by atoms with Gasteiger partial charge in [0.05, 0.1) is 35.0 Å². The van der Waals surface area contributed by atoms with E-state index in [9.17, 15) is 0 Å². The highest BCUT2D eigenvalue weighted by molar-refractivity contribution is 7.08. The normalized spacial score (nSPS) is 14.2. The average Bonchev–Trinajstić information content (AvgIpc) is 3.60. The Morgan fingerprint density at radius 2 is 1.94 bits per heavy atom. The van der Waals surface area contributed by atoms with Crippen molar-refractivity contribution >= 4 is 39.1 Å². The minimum atomic E-state index is 0.195. The van der Waals surface area contributed by atoms with Crippen LogP contribution >= 0.6 is 11.3 Å². The Labute approximate surface area is 197 Å². The van der Waals surface area contributed by atoms with E-state index in [0.717, 1.165) is 69.2 Å². The second kappa shape index (κ2) is 7.44. The molecule has 0 radical (unpaired) electrons. The minimum Gasteiger partial charge on any atom is -0.353 e. The van der Waals surface area contributed by atoms with Gasteiger partial charge in [0.25, 0.3) is 0 Å². The molecule has 0 saturated carbocycles. The molecule has 6 aromatic rings. The smallest absolute Gasteiger partial charge is 0.147 e. The van der Waals surface area contributed by atoms with Crippen LogP contribution in [0.3, 0.4) is 0 Å². The number of nitrogens with one attached hydrogen (secondary N) is 2. The van der Waals surface area contributed by atoms with Crippen LogP contribution in [0.25, 0.3) is 56.0 Å². The average molecular weight is 466 g/mol. The summed E-state index contributed by atoms with van der Waals surface area (Å²) >= 11 is 1.66. The summed E-state index contributed by atoms with van der Waals surface area (Å²) in [5.74, 6) is 0.817. The molecule has 0 aromatic carbocycles. The fourth-order valence-electron chi connectivity index (χ4n) is 4.37. The van der Waals surface area contributed by atoms with E-state index in [1.807, 2.05) is 24.4 Å². The topological polar surface area (TPSA) is 125 Å². The highest BCUT2D eigenvalue weighted by Gasteiger charge is 2.25. The predicted molar refractivity (Wildman–Crippen MR) is 134 cm³/mol. The fraction of sp³-hybridized carbons (Fsp3) is 0.125. The monoisotopic (exact) mass is 465 g/mol. The predicted octanol–water partition coefficient (Wildman–Crippen LogP) is 3.83. The zero-order valence-electron chi connectivity index (χ0n) is 17.9. The first-order valence-corrected chi connectivity index (χ1v) is 11.9. The van der Waals surface area contributed by atoms with Crippen LogP contribution < -0.4 is 10.6 Å². The van der Waals surface area contributed by atoms with Gasteiger partial charge in [0.2, 0.25) is 0 Å². The molecule has 166 valence electrons. The van der Waals surface area contributed by atoms with E-state index in [0.29, 0.717) is 5.69 Å². The molecule has 4 N–H and O–H groups in total. The van der Waals surface area contributed by atoms with Crippen molar-refractivity contribution in [1.82, 2.24) is 35.1 Å². The van der Waals surface area contributed by atoms with E-state index >= 15 is 0 Å². The van der Waals surface area contributed by atoms with Crippen LogP contribution in [0.4, 0.5) is 5.82 Å². The number of pyridine rings is 2. The van der Waals surface area contributed by atoms with Crippen LogP contribution in [0.15, 0.2) is 59.7 Å². The summed E-state index contributed by atoms with van der Waals surface area (Å²) in [4.78, 5) is 24.3. The van der Waals surface area contributed by atoms with Gasteiger partial charge in [-0.1, -0.05) is 0 Å². The number of H-pyrrole nitrogens is 2. The van der Waals surface area contributed by atoms with Crippen molar-refractivity contribution in [3.8, 4) is 34.0 Å². The van der Waals surface area contributed by atoms with Gasteiger partial charge in [0, 0.05) is 47.2 Å². The third kappa shape index (κ3) is 3.07. The molecule has 0 atom stereocenters. The minimum absolute atomic E-state index is 0.195. The van der Waals surface area contributed by atoms with Gasteiger partial charge in [-0.3, -0.25) is 15.1 Å². The third-order valence-electron chi connectivity index (χ3n) is 6.12. The van der Waals surface area contributed by atoms with E-state index in [2.05, 4.69) is 52.9 Å². The number of anilines is 1. The molecule has 1 aliphatic rings. The molecular formula is C24H19N9S. The van der Waals surface area contributed by atoms with Crippen molar-refractivity contribution < 1.29 is 0 Å². The maximum absolute atomic E-state index is 5.92. The molecule has 0 spiro atoms. The Morgan fingerprint density at radius 3 is 2.79 bits per heavy atom. The summed E-state index contributed by atoms with van der Waals surface area (Å²) in [6, 6.07) is 10.3. The first kappa shape index (κ1) is 19.3. The number of hydrogen-bond donors (Lipinski definition) is 3. The number of aromatic amines is 2. The van der Waals surface area contributed by atoms with E-state index in [-0.39, 0.29) is 6.04 Å². The summed E-state index contributed by atoms with van der Waals surface area (Å²) < 4.78 is 0. The molecule has 0 unspecified atom stereocenters. The lowest BCUT2D eigenvalue weighted by Gasteiger charge is -2.37. The number of nitrogens with two attached hydrogens (primary N) is 1. The van der Waals surface area contributed by atoms with Crippen LogP contribution in [-0.4, -0.2) is 54.2 Å². The van der Waals surface area contributed by atoms with E-state index in [1.54, 1.807) is 23.7 Å². The molecule has 0 aliphatic carbocycles. The molecule has 7 rings (SSSR count). The summed E-state index contributed by atoms with van der Waals surface area (Å²) in [6.45, 7) is 1.58. The Bertz CT molecular complexity index is 1640. The highest BCUT2D eigenvalue weighted by Crippen LogP contribution is 2.33. The maximum atomic E-state index is 5.92. The Kier molecular flexibility index (Phi) is 4.23. The lowest BCUT2D eigenvalue weighted by Crippen LogP contribution is -2.56. The van der Waals surface area contributed by atoms with Gasteiger partial charge >= 0.3 is 0 Å². The molecule has 6 aromatic heterocycles. The zero-order valence-corrected chi connectivity index (χ0v) is 18.8. The number of fused-ring (bicyclic) bond motifs is 2. The van der Waals surface area contributed by atoms with Crippen molar-refractivity contribution in [3.63, 3.8) is 0 Å². The first-order chi connectivity index (χ1) is 16.7. The van der Waals surface area contributed by atoms with Crippen molar-refractivity contribution in [1.29, 1.82) is 0 Å². The third-order valence-corrected chi connectivity index (χ3v) is 6.81. The Hall–Kier alpha value is -4.15. The highest BCUT2D eigenvalue weighted by atomic mass is 32.1. The second-order valence-corrected chi connectivity index (χ2v) is 9.19. The maximum Gasteiger partial charge on any atom is 0.147 e. The molecule has 1 aliphatic heterocycles. The number of hydrogen-bond acceptors (Lipinski definition) is 8. The summed E-state index contributed by atoms with van der Waals surface area (Å²) in [5.41, 5.74) is 13.7. The number of thiophene rings is 1. The van der Waals surface area contributed by atoms with Gasteiger partial charge in [0.1, 0.15) is 22.7 Å². The lowest BCUT2D eigenvalue weighted by molar-refractivity contribution is 0.514. The zero-order chi connectivity index (χ0) is 22.6. The molecule has 1 saturated heterocycles. The second-order valence-electron chi connectivity index (χ2n) is 8.41. The molecule has 10 heteroatoms. The van der Waals surface area contributed by atoms with Crippen LogP contribution in [0.1, 0.15) is 0 Å². The largest absolute Gasteiger partial charge is 0.353 e. The molecule has 34 heavy (non-hydrogen) atoms. The standard InChI is InChI=1S/C24H19N9S/c25-14-10-33(11-14)21-9-26-8-20(29-21)17-1-2-18-23(30-17)24(32-31-18)19-7-15-16(28-19)3-5-27-22(15)13-4-6-34-12-13/h1-9,12,14,28H,10-11,25H2,(H,31,32). The molecule has 1 fully saturated rings. The van der Waals surface area contributed by atoms with Crippen LogP contribution in [0.2, 0.25) is 0 Å². The van der Waals surface area contributed by atoms with Gasteiger partial charge in [-0.15, -0.1) is 0 Å². The summed E-state index contributed by atoms with van der Waals surface area (Å²) in [5, 5.41) is 12.9. The fourth-order valence-corrected chi connectivity index (χ4v) is 5.01. The van der Waals surface area contributed by atoms with Crippen LogP contribution in [0, 0.1) is 0 Å². The number of nitrogens with zero attached hydrogens (tertiary/aromatic N) is 6. The van der Waals surface area contributed by atoms with Crippen molar-refractivity contribution in [2.45, 2.75) is 6.04 Å². The van der Waals surface area contributed by atoms with E-state index < -0.39 is 0 Å². The van der Waals surface area contributed by atoms with Crippen molar-refractivity contribution in [2.24, 2.45) is 5.73 Å². The Morgan fingerprint density at radius 1 is 1.00 bits per heavy atom. The van der Waals surface area contributed by atoms with Gasteiger partial charge in [-0.05, 0) is 35.7 Å². The van der Waals surface area contributed by atoms with Gasteiger partial charge in [-0.25, -0.2) is 9.97 Å². The molecule has 9 nitrogen and oxygen atoms in total.